The Morgan fingerprint density at radius 2 is 1.94 bits per heavy atom. The summed E-state index contributed by atoms with van der Waals surface area (Å²) in [5.41, 5.74) is 14.5. The highest BCUT2D eigenvalue weighted by atomic mass is 16.5. The number of hydrogen-bond acceptors (Lipinski definition) is 3. The molecule has 102 valence electrons. The molecule has 0 fully saturated rings. The van der Waals surface area contributed by atoms with Crippen LogP contribution in [0.15, 0.2) is 18.2 Å². The SMILES string of the molecule is CCc1cc(C(N)C(CN)C(C)C)ccc1OC. The lowest BCUT2D eigenvalue weighted by atomic mass is 9.84. The summed E-state index contributed by atoms with van der Waals surface area (Å²) in [5.74, 6) is 1.72. The smallest absolute Gasteiger partial charge is 0.122 e. The first-order valence-corrected chi connectivity index (χ1v) is 6.67. The topological polar surface area (TPSA) is 61.3 Å². The first-order valence-electron chi connectivity index (χ1n) is 6.67. The van der Waals surface area contributed by atoms with Crippen molar-refractivity contribution in [1.29, 1.82) is 0 Å². The molecule has 2 atom stereocenters. The lowest BCUT2D eigenvalue weighted by molar-refractivity contribution is 0.330. The zero-order valence-corrected chi connectivity index (χ0v) is 11.9. The molecular weight excluding hydrogens is 224 g/mol. The number of aryl methyl sites for hydroxylation is 1. The number of hydrogen-bond donors (Lipinski definition) is 2. The predicted molar refractivity (Wildman–Crippen MR) is 76.7 cm³/mol. The van der Waals surface area contributed by atoms with Crippen LogP contribution in [0.3, 0.4) is 0 Å². The summed E-state index contributed by atoms with van der Waals surface area (Å²) in [6, 6.07) is 6.19. The molecule has 0 heterocycles. The number of benzene rings is 1. The minimum absolute atomic E-state index is 0.00814. The maximum Gasteiger partial charge on any atom is 0.122 e. The fourth-order valence-corrected chi connectivity index (χ4v) is 2.36. The van der Waals surface area contributed by atoms with Gasteiger partial charge in [0.25, 0.3) is 0 Å². The third-order valence-electron chi connectivity index (χ3n) is 3.66. The van der Waals surface area contributed by atoms with Gasteiger partial charge in [-0.2, -0.15) is 0 Å². The summed E-state index contributed by atoms with van der Waals surface area (Å²) < 4.78 is 5.34. The van der Waals surface area contributed by atoms with Crippen LogP contribution in [0.5, 0.6) is 5.75 Å². The Bertz CT molecular complexity index is 377. The van der Waals surface area contributed by atoms with Gasteiger partial charge in [-0.1, -0.05) is 32.9 Å². The van der Waals surface area contributed by atoms with Crippen molar-refractivity contribution in [3.8, 4) is 5.75 Å². The molecule has 4 N–H and O–H groups in total. The average Bonchev–Trinajstić information content (AvgIpc) is 2.38. The van der Waals surface area contributed by atoms with Crippen LogP contribution in [0.2, 0.25) is 0 Å². The zero-order valence-electron chi connectivity index (χ0n) is 11.9. The monoisotopic (exact) mass is 250 g/mol. The second-order valence-electron chi connectivity index (χ2n) is 5.09. The van der Waals surface area contributed by atoms with Crippen molar-refractivity contribution < 1.29 is 4.74 Å². The van der Waals surface area contributed by atoms with E-state index in [1.54, 1.807) is 7.11 Å². The van der Waals surface area contributed by atoms with E-state index in [4.69, 9.17) is 16.2 Å². The van der Waals surface area contributed by atoms with Gasteiger partial charge in [0.2, 0.25) is 0 Å². The molecule has 0 saturated heterocycles. The van der Waals surface area contributed by atoms with E-state index in [2.05, 4.69) is 26.8 Å². The quantitative estimate of drug-likeness (QED) is 0.815. The molecule has 0 bridgehead atoms. The van der Waals surface area contributed by atoms with Crippen LogP contribution < -0.4 is 16.2 Å². The van der Waals surface area contributed by atoms with Gasteiger partial charge in [0.15, 0.2) is 0 Å². The Kier molecular flexibility index (Phi) is 5.63. The van der Waals surface area contributed by atoms with Crippen LogP contribution in [0.4, 0.5) is 0 Å². The summed E-state index contributed by atoms with van der Waals surface area (Å²) >= 11 is 0. The van der Waals surface area contributed by atoms with E-state index in [0.717, 1.165) is 17.7 Å². The van der Waals surface area contributed by atoms with Crippen LogP contribution >= 0.6 is 0 Å². The molecule has 1 rings (SSSR count). The minimum Gasteiger partial charge on any atom is -0.496 e. The van der Waals surface area contributed by atoms with Crippen molar-refractivity contribution in [3.05, 3.63) is 29.3 Å². The molecule has 2 unspecified atom stereocenters. The second-order valence-corrected chi connectivity index (χ2v) is 5.09. The van der Waals surface area contributed by atoms with Crippen molar-refractivity contribution in [1.82, 2.24) is 0 Å². The molecule has 0 amide bonds. The van der Waals surface area contributed by atoms with E-state index >= 15 is 0 Å². The van der Waals surface area contributed by atoms with E-state index in [1.165, 1.54) is 5.56 Å². The first kappa shape index (κ1) is 15.0. The van der Waals surface area contributed by atoms with Gasteiger partial charge >= 0.3 is 0 Å². The van der Waals surface area contributed by atoms with Crippen molar-refractivity contribution in [2.24, 2.45) is 23.3 Å². The van der Waals surface area contributed by atoms with Crippen molar-refractivity contribution in [2.45, 2.75) is 33.2 Å². The van der Waals surface area contributed by atoms with E-state index in [0.29, 0.717) is 18.4 Å². The molecule has 3 heteroatoms. The molecule has 18 heavy (non-hydrogen) atoms. The van der Waals surface area contributed by atoms with Gasteiger partial charge in [0, 0.05) is 6.04 Å². The Hall–Kier alpha value is -1.06. The van der Waals surface area contributed by atoms with E-state index in [-0.39, 0.29) is 6.04 Å². The molecule has 3 nitrogen and oxygen atoms in total. The predicted octanol–water partition coefficient (Wildman–Crippen LogP) is 2.49. The van der Waals surface area contributed by atoms with E-state index in [1.807, 2.05) is 12.1 Å². The molecule has 0 aliphatic rings. The lowest BCUT2D eigenvalue weighted by Gasteiger charge is -2.27. The molecule has 0 radical (unpaired) electrons. The standard InChI is InChI=1S/C15H26N2O/c1-5-11-8-12(6-7-14(11)18-4)15(17)13(9-16)10(2)3/h6-8,10,13,15H,5,9,16-17H2,1-4H3. The lowest BCUT2D eigenvalue weighted by Crippen LogP contribution is -2.31. The summed E-state index contributed by atoms with van der Waals surface area (Å²) in [5, 5.41) is 0. The molecular formula is C15H26N2O. The van der Waals surface area contributed by atoms with Crippen LogP contribution in [-0.4, -0.2) is 13.7 Å². The van der Waals surface area contributed by atoms with Gasteiger partial charge in [-0.3, -0.25) is 0 Å². The minimum atomic E-state index is -0.00814. The second kappa shape index (κ2) is 6.76. The fourth-order valence-electron chi connectivity index (χ4n) is 2.36. The molecule has 1 aromatic rings. The third-order valence-corrected chi connectivity index (χ3v) is 3.66. The first-order chi connectivity index (χ1) is 8.54. The number of methoxy groups -OCH3 is 1. The van der Waals surface area contributed by atoms with Gasteiger partial charge in [-0.15, -0.1) is 0 Å². The van der Waals surface area contributed by atoms with Crippen LogP contribution in [0.25, 0.3) is 0 Å². The van der Waals surface area contributed by atoms with Crippen LogP contribution in [0.1, 0.15) is 37.9 Å². The highest BCUT2D eigenvalue weighted by molar-refractivity contribution is 5.38. The molecule has 1 aromatic carbocycles. The molecule has 0 saturated carbocycles. The number of ether oxygens (including phenoxy) is 1. The Morgan fingerprint density at radius 1 is 1.28 bits per heavy atom. The largest absolute Gasteiger partial charge is 0.496 e. The fraction of sp³-hybridized carbons (Fsp3) is 0.600. The Balaban J connectivity index is 3.02. The summed E-state index contributed by atoms with van der Waals surface area (Å²) in [7, 11) is 1.70. The molecule has 0 aliphatic carbocycles. The number of nitrogens with two attached hydrogens (primary N) is 2. The average molecular weight is 250 g/mol. The van der Waals surface area contributed by atoms with E-state index in [9.17, 15) is 0 Å². The van der Waals surface area contributed by atoms with Gasteiger partial charge in [-0.05, 0) is 42.0 Å². The third kappa shape index (κ3) is 3.24. The van der Waals surface area contributed by atoms with Crippen molar-refractivity contribution >= 4 is 0 Å². The van der Waals surface area contributed by atoms with E-state index < -0.39 is 0 Å². The summed E-state index contributed by atoms with van der Waals surface area (Å²) in [6.45, 7) is 7.08. The van der Waals surface area contributed by atoms with Gasteiger partial charge in [-0.25, -0.2) is 0 Å². The molecule has 0 aromatic heterocycles. The summed E-state index contributed by atoms with van der Waals surface area (Å²) in [6.07, 6.45) is 0.943. The zero-order chi connectivity index (χ0) is 13.7. The molecule has 0 spiro atoms. The van der Waals surface area contributed by atoms with Gasteiger partial charge in [0.05, 0.1) is 7.11 Å². The van der Waals surface area contributed by atoms with Crippen LogP contribution in [-0.2, 0) is 6.42 Å². The van der Waals surface area contributed by atoms with Crippen molar-refractivity contribution in [3.63, 3.8) is 0 Å². The van der Waals surface area contributed by atoms with Crippen LogP contribution in [0, 0.1) is 11.8 Å². The summed E-state index contributed by atoms with van der Waals surface area (Å²) in [4.78, 5) is 0. The highest BCUT2D eigenvalue weighted by Crippen LogP contribution is 2.29. The van der Waals surface area contributed by atoms with Gasteiger partial charge < -0.3 is 16.2 Å². The Morgan fingerprint density at radius 3 is 2.39 bits per heavy atom. The van der Waals surface area contributed by atoms with Gasteiger partial charge in [0.1, 0.15) is 5.75 Å². The normalized spacial score (nSPS) is 14.6. The number of rotatable bonds is 6. The maximum atomic E-state index is 6.35. The van der Waals surface area contributed by atoms with Crippen molar-refractivity contribution in [2.75, 3.05) is 13.7 Å². The highest BCUT2D eigenvalue weighted by Gasteiger charge is 2.22. The Labute approximate surface area is 111 Å². The maximum absolute atomic E-state index is 6.35. The molecule has 0 aliphatic heterocycles.